The van der Waals surface area contributed by atoms with Gasteiger partial charge in [-0.25, -0.2) is 0 Å². The van der Waals surface area contributed by atoms with Crippen LogP contribution in [-0.2, 0) is 4.79 Å². The highest BCUT2D eigenvalue weighted by molar-refractivity contribution is 5.76. The van der Waals surface area contributed by atoms with Crippen molar-refractivity contribution in [3.8, 4) is 5.75 Å². The average molecular weight is 290 g/mol. The third-order valence-corrected chi connectivity index (χ3v) is 4.25. The molecule has 1 amide bonds. The second-order valence-electron chi connectivity index (χ2n) is 5.72. The normalized spacial score (nSPS) is 19.4. The van der Waals surface area contributed by atoms with E-state index in [0.29, 0.717) is 30.5 Å². The maximum atomic E-state index is 12.1. The molecule has 116 valence electrons. The number of ether oxygens (including phenoxy) is 1. The fraction of sp³-hybridized carbons (Fsp3) is 0.588. The van der Waals surface area contributed by atoms with E-state index in [9.17, 15) is 4.79 Å². The highest BCUT2D eigenvalue weighted by atomic mass is 16.5. The number of anilines is 1. The molecule has 1 fully saturated rings. The molecule has 2 N–H and O–H groups in total. The van der Waals surface area contributed by atoms with Crippen molar-refractivity contribution >= 4 is 11.6 Å². The monoisotopic (exact) mass is 290 g/mol. The van der Waals surface area contributed by atoms with Gasteiger partial charge in [-0.05, 0) is 37.3 Å². The summed E-state index contributed by atoms with van der Waals surface area (Å²) in [6, 6.07) is 7.51. The maximum Gasteiger partial charge on any atom is 0.222 e. The van der Waals surface area contributed by atoms with Crippen molar-refractivity contribution in [1.82, 2.24) is 4.90 Å². The van der Waals surface area contributed by atoms with E-state index in [2.05, 4.69) is 6.92 Å². The molecule has 4 heteroatoms. The number of nitrogens with zero attached hydrogens (tertiary/aromatic N) is 1. The Hall–Kier alpha value is -1.71. The summed E-state index contributed by atoms with van der Waals surface area (Å²) < 4.78 is 5.67. The van der Waals surface area contributed by atoms with E-state index in [0.717, 1.165) is 38.1 Å². The topological polar surface area (TPSA) is 55.6 Å². The van der Waals surface area contributed by atoms with Gasteiger partial charge in [-0.3, -0.25) is 4.79 Å². The Balaban J connectivity index is 1.73. The molecule has 0 radical (unpaired) electrons. The van der Waals surface area contributed by atoms with Crippen LogP contribution in [-0.4, -0.2) is 30.5 Å². The molecule has 1 heterocycles. The summed E-state index contributed by atoms with van der Waals surface area (Å²) in [6.45, 7) is 4.48. The molecule has 1 aliphatic rings. The van der Waals surface area contributed by atoms with Gasteiger partial charge < -0.3 is 15.4 Å². The Morgan fingerprint density at radius 1 is 1.33 bits per heavy atom. The third-order valence-electron chi connectivity index (χ3n) is 4.25. The molecular formula is C17H26N2O2. The molecule has 0 saturated carbocycles. The van der Waals surface area contributed by atoms with Gasteiger partial charge in [-0.2, -0.15) is 0 Å². The van der Waals surface area contributed by atoms with Gasteiger partial charge in [0.25, 0.3) is 0 Å². The number of carbonyl (C=O) groups excluding carboxylic acids is 1. The predicted molar refractivity (Wildman–Crippen MR) is 85.2 cm³/mol. The zero-order chi connectivity index (χ0) is 15.1. The zero-order valence-corrected chi connectivity index (χ0v) is 12.9. The van der Waals surface area contributed by atoms with E-state index in [1.54, 1.807) is 0 Å². The standard InChI is InChI=1S/C17H26N2O2/c1-2-14-8-9-17(20)19(12-10-14)11-5-13-21-16-7-4-3-6-15(16)18/h3-4,6-7,14H,2,5,8-13,18H2,1H3. The van der Waals surface area contributed by atoms with Crippen molar-refractivity contribution < 1.29 is 9.53 Å². The first-order chi connectivity index (χ1) is 10.2. The number of carbonyl (C=O) groups is 1. The van der Waals surface area contributed by atoms with Gasteiger partial charge in [0.2, 0.25) is 5.91 Å². The van der Waals surface area contributed by atoms with Crippen LogP contribution in [0.2, 0.25) is 0 Å². The second-order valence-corrected chi connectivity index (χ2v) is 5.72. The molecule has 0 spiro atoms. The molecule has 0 aliphatic carbocycles. The molecular weight excluding hydrogens is 264 g/mol. The Morgan fingerprint density at radius 3 is 2.90 bits per heavy atom. The highest BCUT2D eigenvalue weighted by Crippen LogP contribution is 2.22. The van der Waals surface area contributed by atoms with Crippen molar-refractivity contribution in [2.75, 3.05) is 25.4 Å². The minimum atomic E-state index is 0.296. The van der Waals surface area contributed by atoms with Crippen LogP contribution in [0.5, 0.6) is 5.75 Å². The summed E-state index contributed by atoms with van der Waals surface area (Å²) >= 11 is 0. The summed E-state index contributed by atoms with van der Waals surface area (Å²) in [5.41, 5.74) is 6.49. The summed E-state index contributed by atoms with van der Waals surface area (Å²) in [5, 5.41) is 0. The van der Waals surface area contributed by atoms with Crippen LogP contribution >= 0.6 is 0 Å². The zero-order valence-electron chi connectivity index (χ0n) is 12.9. The van der Waals surface area contributed by atoms with Crippen LogP contribution in [0.1, 0.15) is 39.0 Å². The van der Waals surface area contributed by atoms with E-state index in [4.69, 9.17) is 10.5 Å². The fourth-order valence-electron chi connectivity index (χ4n) is 2.79. The van der Waals surface area contributed by atoms with Crippen LogP contribution in [0, 0.1) is 5.92 Å². The van der Waals surface area contributed by atoms with Crippen molar-refractivity contribution in [3.05, 3.63) is 24.3 Å². The number of amides is 1. The van der Waals surface area contributed by atoms with Gasteiger partial charge in [-0.15, -0.1) is 0 Å². The molecule has 1 aliphatic heterocycles. The van der Waals surface area contributed by atoms with Crippen molar-refractivity contribution in [2.45, 2.75) is 39.0 Å². The van der Waals surface area contributed by atoms with Gasteiger partial charge in [-0.1, -0.05) is 25.5 Å². The number of rotatable bonds is 6. The second kappa shape index (κ2) is 7.91. The number of para-hydroxylation sites is 2. The van der Waals surface area contributed by atoms with E-state index in [1.165, 1.54) is 6.42 Å². The number of hydrogen-bond donors (Lipinski definition) is 1. The molecule has 1 unspecified atom stereocenters. The van der Waals surface area contributed by atoms with Crippen LogP contribution in [0.4, 0.5) is 5.69 Å². The summed E-state index contributed by atoms with van der Waals surface area (Å²) in [5.74, 6) is 1.73. The highest BCUT2D eigenvalue weighted by Gasteiger charge is 2.20. The Kier molecular flexibility index (Phi) is 5.90. The molecule has 4 nitrogen and oxygen atoms in total. The number of hydrogen-bond acceptors (Lipinski definition) is 3. The van der Waals surface area contributed by atoms with E-state index >= 15 is 0 Å². The minimum absolute atomic E-state index is 0.296. The van der Waals surface area contributed by atoms with E-state index in [-0.39, 0.29) is 0 Å². The largest absolute Gasteiger partial charge is 0.491 e. The quantitative estimate of drug-likeness (QED) is 0.647. The lowest BCUT2D eigenvalue weighted by Gasteiger charge is -2.21. The summed E-state index contributed by atoms with van der Waals surface area (Å²) in [7, 11) is 0. The molecule has 0 aromatic heterocycles. The first kappa shape index (κ1) is 15.7. The van der Waals surface area contributed by atoms with Crippen molar-refractivity contribution in [1.29, 1.82) is 0 Å². The molecule has 0 bridgehead atoms. The molecule has 1 aromatic rings. The lowest BCUT2D eigenvalue weighted by atomic mass is 9.98. The van der Waals surface area contributed by atoms with Crippen LogP contribution in [0.15, 0.2) is 24.3 Å². The van der Waals surface area contributed by atoms with Gasteiger partial charge >= 0.3 is 0 Å². The van der Waals surface area contributed by atoms with Crippen LogP contribution in [0.25, 0.3) is 0 Å². The number of benzene rings is 1. The summed E-state index contributed by atoms with van der Waals surface area (Å²) in [6.07, 6.45) is 4.90. The van der Waals surface area contributed by atoms with Crippen molar-refractivity contribution in [2.24, 2.45) is 5.92 Å². The van der Waals surface area contributed by atoms with Crippen LogP contribution < -0.4 is 10.5 Å². The number of likely N-dealkylation sites (tertiary alicyclic amines) is 1. The predicted octanol–water partition coefficient (Wildman–Crippen LogP) is 3.08. The summed E-state index contributed by atoms with van der Waals surface area (Å²) in [4.78, 5) is 14.1. The van der Waals surface area contributed by atoms with Gasteiger partial charge in [0.1, 0.15) is 5.75 Å². The average Bonchev–Trinajstić information content (AvgIpc) is 2.67. The molecule has 1 aromatic carbocycles. The smallest absolute Gasteiger partial charge is 0.222 e. The Labute approximate surface area is 127 Å². The molecule has 1 saturated heterocycles. The van der Waals surface area contributed by atoms with Gasteiger partial charge in [0.05, 0.1) is 12.3 Å². The Bertz CT molecular complexity index is 462. The lowest BCUT2D eigenvalue weighted by molar-refractivity contribution is -0.130. The van der Waals surface area contributed by atoms with Gasteiger partial charge in [0.15, 0.2) is 0 Å². The van der Waals surface area contributed by atoms with E-state index in [1.807, 2.05) is 29.2 Å². The maximum absolute atomic E-state index is 12.1. The van der Waals surface area contributed by atoms with E-state index < -0.39 is 0 Å². The molecule has 2 rings (SSSR count). The first-order valence-electron chi connectivity index (χ1n) is 7.95. The number of nitrogen functional groups attached to an aromatic ring is 1. The SMILES string of the molecule is CCC1CCC(=O)N(CCCOc2ccccc2N)CC1. The van der Waals surface area contributed by atoms with Gasteiger partial charge in [0, 0.05) is 19.5 Å². The molecule has 21 heavy (non-hydrogen) atoms. The third kappa shape index (κ3) is 4.66. The first-order valence-corrected chi connectivity index (χ1v) is 7.95. The van der Waals surface area contributed by atoms with Crippen molar-refractivity contribution in [3.63, 3.8) is 0 Å². The minimum Gasteiger partial charge on any atom is -0.491 e. The number of nitrogens with two attached hydrogens (primary N) is 1. The lowest BCUT2D eigenvalue weighted by Crippen LogP contribution is -2.32. The van der Waals surface area contributed by atoms with Crippen LogP contribution in [0.3, 0.4) is 0 Å². The fourth-order valence-corrected chi connectivity index (χ4v) is 2.79. The Morgan fingerprint density at radius 2 is 2.14 bits per heavy atom. The molecule has 1 atom stereocenters.